The summed E-state index contributed by atoms with van der Waals surface area (Å²) in [6, 6.07) is 4.25. The zero-order valence-electron chi connectivity index (χ0n) is 18.2. The summed E-state index contributed by atoms with van der Waals surface area (Å²) in [6.45, 7) is 10.7. The molecule has 8 nitrogen and oxygen atoms in total. The number of hydrogen-bond acceptors (Lipinski definition) is 7. The molecule has 31 heavy (non-hydrogen) atoms. The molecule has 2 aromatic rings. The minimum Gasteiger partial charge on any atom is -0.489 e. The van der Waals surface area contributed by atoms with Gasteiger partial charge >= 0.3 is 0 Å². The highest BCUT2D eigenvalue weighted by atomic mass is 19.1. The van der Waals surface area contributed by atoms with Crippen LogP contribution >= 0.6 is 0 Å². The molecule has 1 aromatic carbocycles. The van der Waals surface area contributed by atoms with Gasteiger partial charge in [0, 0.05) is 37.7 Å². The third-order valence-electron chi connectivity index (χ3n) is 5.49. The van der Waals surface area contributed by atoms with Gasteiger partial charge in [-0.2, -0.15) is 0 Å². The average molecular weight is 426 g/mol. The molecule has 0 aliphatic carbocycles. The summed E-state index contributed by atoms with van der Waals surface area (Å²) in [7, 11) is 0. The smallest absolute Gasteiger partial charge is 0.268 e. The second-order valence-corrected chi connectivity index (χ2v) is 8.55. The fourth-order valence-corrected chi connectivity index (χ4v) is 3.82. The molecule has 0 bridgehead atoms. The van der Waals surface area contributed by atoms with Gasteiger partial charge in [0.1, 0.15) is 29.3 Å². The Labute approximate surface area is 180 Å². The van der Waals surface area contributed by atoms with Crippen LogP contribution in [0.5, 0.6) is 5.75 Å². The van der Waals surface area contributed by atoms with Crippen molar-refractivity contribution in [3.8, 4) is 5.75 Å². The van der Waals surface area contributed by atoms with E-state index in [1.165, 1.54) is 18.5 Å². The maximum absolute atomic E-state index is 13.7. The van der Waals surface area contributed by atoms with Crippen molar-refractivity contribution in [2.45, 2.75) is 33.8 Å². The van der Waals surface area contributed by atoms with E-state index in [0.29, 0.717) is 34.3 Å². The molecule has 0 atom stereocenters. The summed E-state index contributed by atoms with van der Waals surface area (Å²) in [5, 5.41) is 6.43. The van der Waals surface area contributed by atoms with Crippen LogP contribution in [0, 0.1) is 18.2 Å². The van der Waals surface area contributed by atoms with Gasteiger partial charge in [-0.25, -0.2) is 19.4 Å². The van der Waals surface area contributed by atoms with Gasteiger partial charge in [-0.3, -0.25) is 4.79 Å². The van der Waals surface area contributed by atoms with E-state index >= 15 is 0 Å². The van der Waals surface area contributed by atoms with Crippen molar-refractivity contribution in [1.82, 2.24) is 20.2 Å². The lowest BCUT2D eigenvalue weighted by Crippen LogP contribution is -2.72. The van der Waals surface area contributed by atoms with Crippen molar-refractivity contribution in [1.29, 1.82) is 0 Å². The highest BCUT2D eigenvalue weighted by Crippen LogP contribution is 2.36. The standard InChI is InChI=1S/C22H27FN6O2/c1-13(2)31-18-7-16(23)5-6-17(18)28-20-19(14(3)25-12-26-20)27-15(4)21(30)29-10-22(11-29)8-24-9-22/h5-7,12-13,24H,8-11H2,1-4H3,(H,25,26,28)/b27-15+. The molecule has 1 amide bonds. The third-order valence-corrected chi connectivity index (χ3v) is 5.49. The highest BCUT2D eigenvalue weighted by Gasteiger charge is 2.49. The first-order valence-electron chi connectivity index (χ1n) is 10.4. The average Bonchev–Trinajstić information content (AvgIpc) is 2.63. The normalized spacial score (nSPS) is 17.4. The van der Waals surface area contributed by atoms with E-state index in [0.717, 1.165) is 26.2 Å². The Bertz CT molecular complexity index is 1030. The number of aromatic nitrogens is 2. The number of aryl methyl sites for hydroxylation is 1. The van der Waals surface area contributed by atoms with Crippen LogP contribution in [0.3, 0.4) is 0 Å². The topological polar surface area (TPSA) is 91.7 Å². The lowest BCUT2D eigenvalue weighted by molar-refractivity contribution is -0.139. The Morgan fingerprint density at radius 1 is 1.32 bits per heavy atom. The number of ether oxygens (including phenoxy) is 1. The lowest BCUT2D eigenvalue weighted by atomic mass is 9.74. The van der Waals surface area contributed by atoms with Crippen LogP contribution in [0.1, 0.15) is 26.5 Å². The van der Waals surface area contributed by atoms with E-state index in [-0.39, 0.29) is 17.4 Å². The number of hydrogen-bond donors (Lipinski definition) is 2. The van der Waals surface area contributed by atoms with Crippen LogP contribution in [0.25, 0.3) is 0 Å². The number of amides is 1. The number of aliphatic imine (C=N–C) groups is 1. The number of carbonyl (C=O) groups is 1. The fraction of sp³-hybridized carbons (Fsp3) is 0.455. The van der Waals surface area contributed by atoms with Crippen molar-refractivity contribution in [3.05, 3.63) is 36.0 Å². The van der Waals surface area contributed by atoms with Gasteiger partial charge in [-0.15, -0.1) is 0 Å². The van der Waals surface area contributed by atoms with E-state index < -0.39 is 5.82 Å². The van der Waals surface area contributed by atoms with Crippen LogP contribution in [-0.2, 0) is 4.79 Å². The fourth-order valence-electron chi connectivity index (χ4n) is 3.82. The van der Waals surface area contributed by atoms with E-state index in [1.54, 1.807) is 19.9 Å². The molecule has 2 aliphatic rings. The van der Waals surface area contributed by atoms with Gasteiger partial charge < -0.3 is 20.3 Å². The summed E-state index contributed by atoms with van der Waals surface area (Å²) in [5.74, 6) is 0.309. The molecule has 4 rings (SSSR count). The zero-order valence-corrected chi connectivity index (χ0v) is 18.2. The zero-order chi connectivity index (χ0) is 22.2. The van der Waals surface area contributed by atoms with Crippen LogP contribution in [0.4, 0.5) is 21.6 Å². The number of anilines is 2. The number of nitrogens with zero attached hydrogens (tertiary/aromatic N) is 4. The molecule has 3 heterocycles. The maximum Gasteiger partial charge on any atom is 0.268 e. The van der Waals surface area contributed by atoms with Crippen molar-refractivity contribution in [2.75, 3.05) is 31.5 Å². The number of halogens is 1. The van der Waals surface area contributed by atoms with Crippen LogP contribution in [0.2, 0.25) is 0 Å². The van der Waals surface area contributed by atoms with Gasteiger partial charge in [-0.05, 0) is 39.8 Å². The molecule has 1 spiro atoms. The van der Waals surface area contributed by atoms with E-state index in [9.17, 15) is 9.18 Å². The molecule has 2 aliphatic heterocycles. The number of rotatable bonds is 6. The molecule has 2 fully saturated rings. The molecular formula is C22H27FN6O2. The second-order valence-electron chi connectivity index (χ2n) is 8.55. The summed E-state index contributed by atoms with van der Waals surface area (Å²) in [6.07, 6.45) is 1.29. The number of carbonyl (C=O) groups excluding carboxylic acids is 1. The van der Waals surface area contributed by atoms with Crippen molar-refractivity contribution < 1.29 is 13.9 Å². The number of benzene rings is 1. The van der Waals surface area contributed by atoms with Gasteiger partial charge in [0.25, 0.3) is 5.91 Å². The lowest BCUT2D eigenvalue weighted by Gasteiger charge is -2.55. The quantitative estimate of drug-likeness (QED) is 0.690. The second kappa shape index (κ2) is 8.22. The Kier molecular flexibility index (Phi) is 5.62. The number of likely N-dealkylation sites (tertiary alicyclic amines) is 1. The molecule has 1 aromatic heterocycles. The minimum atomic E-state index is -0.395. The Hall–Kier alpha value is -3.07. The summed E-state index contributed by atoms with van der Waals surface area (Å²) >= 11 is 0. The van der Waals surface area contributed by atoms with Gasteiger partial charge in [-0.1, -0.05) is 0 Å². The van der Waals surface area contributed by atoms with Gasteiger partial charge in [0.05, 0.1) is 17.5 Å². The van der Waals surface area contributed by atoms with Crippen molar-refractivity contribution >= 4 is 28.8 Å². The number of nitrogens with one attached hydrogen (secondary N) is 2. The minimum absolute atomic E-state index is 0.0858. The molecular weight excluding hydrogens is 399 g/mol. The first-order chi connectivity index (χ1) is 14.8. The van der Waals surface area contributed by atoms with Crippen LogP contribution < -0.4 is 15.4 Å². The SMILES string of the molecule is C/C(=N\c1c(C)ncnc1Nc1ccc(F)cc1OC(C)C)C(=O)N1CC2(CNC2)C1. The molecule has 9 heteroatoms. The predicted molar refractivity (Wildman–Crippen MR) is 117 cm³/mol. The van der Waals surface area contributed by atoms with E-state index in [2.05, 4.69) is 25.6 Å². The van der Waals surface area contributed by atoms with Crippen molar-refractivity contribution in [3.63, 3.8) is 0 Å². The van der Waals surface area contributed by atoms with Crippen LogP contribution in [-0.4, -0.2) is 58.8 Å². The highest BCUT2D eigenvalue weighted by molar-refractivity contribution is 6.38. The van der Waals surface area contributed by atoms with E-state index in [4.69, 9.17) is 4.74 Å². The van der Waals surface area contributed by atoms with Gasteiger partial charge in [0.2, 0.25) is 0 Å². The van der Waals surface area contributed by atoms with Gasteiger partial charge in [0.15, 0.2) is 5.82 Å². The molecule has 0 radical (unpaired) electrons. The van der Waals surface area contributed by atoms with Crippen LogP contribution in [0.15, 0.2) is 29.5 Å². The molecule has 2 saturated heterocycles. The largest absolute Gasteiger partial charge is 0.489 e. The van der Waals surface area contributed by atoms with Crippen molar-refractivity contribution in [2.24, 2.45) is 10.4 Å². The van der Waals surface area contributed by atoms with E-state index in [1.807, 2.05) is 18.7 Å². The molecule has 2 N–H and O–H groups in total. The Morgan fingerprint density at radius 3 is 2.71 bits per heavy atom. The summed E-state index contributed by atoms with van der Waals surface area (Å²) in [4.78, 5) is 27.7. The monoisotopic (exact) mass is 426 g/mol. The maximum atomic E-state index is 13.7. The third kappa shape index (κ3) is 4.36. The Balaban J connectivity index is 1.58. The molecule has 164 valence electrons. The summed E-state index contributed by atoms with van der Waals surface area (Å²) in [5.41, 5.74) is 2.27. The predicted octanol–water partition coefficient (Wildman–Crippen LogP) is 2.98. The Morgan fingerprint density at radius 2 is 2.06 bits per heavy atom. The molecule has 0 unspecified atom stereocenters. The first kappa shape index (κ1) is 21.2. The molecule has 0 saturated carbocycles. The first-order valence-corrected chi connectivity index (χ1v) is 10.4. The summed E-state index contributed by atoms with van der Waals surface area (Å²) < 4.78 is 19.5.